The van der Waals surface area contributed by atoms with Gasteiger partial charge in [-0.3, -0.25) is 0 Å². The van der Waals surface area contributed by atoms with E-state index in [1.807, 2.05) is 6.08 Å². The molecule has 0 amide bonds. The minimum absolute atomic E-state index is 1.15. The van der Waals surface area contributed by atoms with Crippen molar-refractivity contribution < 1.29 is 0 Å². The molecule has 0 N–H and O–H groups in total. The lowest BCUT2D eigenvalue weighted by molar-refractivity contribution is 0.866. The first-order valence-electron chi connectivity index (χ1n) is 3.67. The van der Waals surface area contributed by atoms with Crippen molar-refractivity contribution in [2.45, 2.75) is 32.6 Å². The summed E-state index contributed by atoms with van der Waals surface area (Å²) in [6.45, 7) is 5.81. The van der Waals surface area contributed by atoms with Crippen LogP contribution in [0, 0.1) is 0 Å². The number of unbranched alkanes of at least 4 members (excludes halogenated alkanes) is 2. The molecule has 0 rings (SSSR count). The molecule has 0 spiro atoms. The number of hydrogen-bond donors (Lipinski definition) is 0. The van der Waals surface area contributed by atoms with Gasteiger partial charge in [-0.2, -0.15) is 0 Å². The zero-order valence-electron chi connectivity index (χ0n) is 6.27. The van der Waals surface area contributed by atoms with Gasteiger partial charge in [-0.1, -0.05) is 25.2 Å². The highest BCUT2D eigenvalue weighted by Crippen LogP contribution is 1.96. The van der Waals surface area contributed by atoms with Crippen LogP contribution in [0.4, 0.5) is 0 Å². The van der Waals surface area contributed by atoms with Gasteiger partial charge in [0.15, 0.2) is 0 Å². The Balaban J connectivity index is 2.90. The molecule has 0 bridgehead atoms. The number of allylic oxidation sites excluding steroid dienone is 3. The van der Waals surface area contributed by atoms with E-state index in [0.717, 1.165) is 12.8 Å². The van der Waals surface area contributed by atoms with Crippen molar-refractivity contribution in [3.05, 3.63) is 24.8 Å². The van der Waals surface area contributed by atoms with Crippen LogP contribution in [0.3, 0.4) is 0 Å². The molecule has 0 aliphatic rings. The number of rotatable bonds is 5. The van der Waals surface area contributed by atoms with Gasteiger partial charge in [-0.15, -0.1) is 6.58 Å². The van der Waals surface area contributed by atoms with Gasteiger partial charge in [0.05, 0.1) is 0 Å². The second-order valence-corrected chi connectivity index (χ2v) is 2.10. The molecule has 0 aliphatic heterocycles. The third-order valence-electron chi connectivity index (χ3n) is 1.18. The van der Waals surface area contributed by atoms with Crippen LogP contribution in [-0.4, -0.2) is 0 Å². The van der Waals surface area contributed by atoms with Crippen LogP contribution in [0.5, 0.6) is 0 Å². The van der Waals surface area contributed by atoms with E-state index in [1.165, 1.54) is 12.8 Å². The highest BCUT2D eigenvalue weighted by molar-refractivity contribution is 4.80. The van der Waals surface area contributed by atoms with E-state index in [2.05, 4.69) is 25.7 Å². The fraction of sp³-hybridized carbons (Fsp3) is 0.556. The molecule has 0 fully saturated rings. The molecule has 0 saturated heterocycles. The molecule has 0 atom stereocenters. The first-order chi connectivity index (χ1) is 4.41. The fourth-order valence-corrected chi connectivity index (χ4v) is 0.665. The molecule has 0 heteroatoms. The molecule has 0 aromatic rings. The summed E-state index contributed by atoms with van der Waals surface area (Å²) in [6, 6.07) is 0. The van der Waals surface area contributed by atoms with Crippen molar-refractivity contribution in [1.29, 1.82) is 0 Å². The van der Waals surface area contributed by atoms with Gasteiger partial charge in [0, 0.05) is 0 Å². The molecule has 0 aromatic carbocycles. The second kappa shape index (κ2) is 7.48. The van der Waals surface area contributed by atoms with Gasteiger partial charge < -0.3 is 0 Å². The van der Waals surface area contributed by atoms with E-state index in [-0.39, 0.29) is 0 Å². The lowest BCUT2D eigenvalue weighted by Crippen LogP contribution is -1.66. The van der Waals surface area contributed by atoms with Crippen molar-refractivity contribution in [3.63, 3.8) is 0 Å². The molecule has 0 nitrogen and oxygen atoms in total. The van der Waals surface area contributed by atoms with Gasteiger partial charge in [-0.25, -0.2) is 0 Å². The predicted molar refractivity (Wildman–Crippen MR) is 43.5 cm³/mol. The molecule has 0 saturated carbocycles. The summed E-state index contributed by atoms with van der Waals surface area (Å²) in [5.41, 5.74) is 0. The summed E-state index contributed by atoms with van der Waals surface area (Å²) >= 11 is 0. The Morgan fingerprint density at radius 3 is 2.56 bits per heavy atom. The van der Waals surface area contributed by atoms with Gasteiger partial charge in [0.2, 0.25) is 0 Å². The van der Waals surface area contributed by atoms with Gasteiger partial charge in [0.25, 0.3) is 0 Å². The zero-order valence-corrected chi connectivity index (χ0v) is 6.27. The van der Waals surface area contributed by atoms with Crippen LogP contribution < -0.4 is 0 Å². The summed E-state index contributed by atoms with van der Waals surface area (Å²) in [6.07, 6.45) is 11.2. The van der Waals surface area contributed by atoms with Crippen molar-refractivity contribution >= 4 is 0 Å². The quantitative estimate of drug-likeness (QED) is 0.389. The monoisotopic (exact) mass is 124 g/mol. The summed E-state index contributed by atoms with van der Waals surface area (Å²) in [4.78, 5) is 0. The highest BCUT2D eigenvalue weighted by atomic mass is 13.8. The minimum atomic E-state index is 1.15. The molecule has 0 aliphatic carbocycles. The van der Waals surface area contributed by atoms with Crippen molar-refractivity contribution in [2.75, 3.05) is 0 Å². The predicted octanol–water partition coefficient (Wildman–Crippen LogP) is 3.31. The van der Waals surface area contributed by atoms with Crippen LogP contribution >= 0.6 is 0 Å². The lowest BCUT2D eigenvalue weighted by Gasteiger charge is -1.86. The van der Waals surface area contributed by atoms with Gasteiger partial charge in [0.1, 0.15) is 0 Å². The van der Waals surface area contributed by atoms with Crippen molar-refractivity contribution in [1.82, 2.24) is 0 Å². The average Bonchev–Trinajstić information content (AvgIpc) is 1.89. The normalized spacial score (nSPS) is 10.3. The summed E-state index contributed by atoms with van der Waals surface area (Å²) < 4.78 is 0. The smallest absolute Gasteiger partial charge is 0.0348 e. The third-order valence-corrected chi connectivity index (χ3v) is 1.18. The molecule has 9 heavy (non-hydrogen) atoms. The zero-order chi connectivity index (χ0) is 6.95. The maximum absolute atomic E-state index is 3.65. The number of hydrogen-bond acceptors (Lipinski definition) is 0. The topological polar surface area (TPSA) is 0 Å². The van der Waals surface area contributed by atoms with E-state index in [4.69, 9.17) is 0 Å². The van der Waals surface area contributed by atoms with Crippen molar-refractivity contribution in [2.24, 2.45) is 0 Å². The van der Waals surface area contributed by atoms with Gasteiger partial charge in [-0.05, 0) is 25.7 Å². The maximum atomic E-state index is 3.65. The standard InChI is InChI=1S/C9H16/c1-3-5-7-9-8-6-4-2/h3,6,8H,1,4-5,7,9H2,2H3/b8-6-. The Morgan fingerprint density at radius 2 is 2.00 bits per heavy atom. The molecule has 0 radical (unpaired) electrons. The Bertz CT molecular complexity index is 80.0. The van der Waals surface area contributed by atoms with Crippen LogP contribution in [0.1, 0.15) is 32.6 Å². The highest BCUT2D eigenvalue weighted by Gasteiger charge is 1.76. The molecule has 0 unspecified atom stereocenters. The third kappa shape index (κ3) is 7.48. The minimum Gasteiger partial charge on any atom is -0.103 e. The fourth-order valence-electron chi connectivity index (χ4n) is 0.665. The van der Waals surface area contributed by atoms with E-state index in [9.17, 15) is 0 Å². The second-order valence-electron chi connectivity index (χ2n) is 2.10. The van der Waals surface area contributed by atoms with Crippen LogP contribution in [0.15, 0.2) is 24.8 Å². The summed E-state index contributed by atoms with van der Waals surface area (Å²) in [5, 5.41) is 0. The Labute approximate surface area is 58.3 Å². The van der Waals surface area contributed by atoms with E-state index < -0.39 is 0 Å². The van der Waals surface area contributed by atoms with Crippen LogP contribution in [0.25, 0.3) is 0 Å². The first-order valence-corrected chi connectivity index (χ1v) is 3.67. The Kier molecular flexibility index (Phi) is 7.05. The molecule has 52 valence electrons. The first kappa shape index (κ1) is 8.48. The van der Waals surface area contributed by atoms with Crippen LogP contribution in [0.2, 0.25) is 0 Å². The molecular formula is C9H16. The maximum Gasteiger partial charge on any atom is -0.0348 e. The van der Waals surface area contributed by atoms with E-state index >= 15 is 0 Å². The van der Waals surface area contributed by atoms with Gasteiger partial charge >= 0.3 is 0 Å². The lowest BCUT2D eigenvalue weighted by atomic mass is 10.2. The average molecular weight is 124 g/mol. The molecule has 0 aromatic heterocycles. The Hall–Kier alpha value is -0.520. The van der Waals surface area contributed by atoms with E-state index in [1.54, 1.807) is 0 Å². The van der Waals surface area contributed by atoms with Crippen molar-refractivity contribution in [3.8, 4) is 0 Å². The van der Waals surface area contributed by atoms with Crippen LogP contribution in [-0.2, 0) is 0 Å². The molecule has 0 heterocycles. The molecular weight excluding hydrogens is 108 g/mol. The summed E-state index contributed by atoms with van der Waals surface area (Å²) in [5.74, 6) is 0. The Morgan fingerprint density at radius 1 is 1.22 bits per heavy atom. The largest absolute Gasteiger partial charge is 0.103 e. The van der Waals surface area contributed by atoms with E-state index in [0.29, 0.717) is 0 Å². The SMILES string of the molecule is C=CCCC/C=C\CC. The summed E-state index contributed by atoms with van der Waals surface area (Å²) in [7, 11) is 0.